The number of anilines is 1. The van der Waals surface area contributed by atoms with Crippen LogP contribution in [0.2, 0.25) is 0 Å². The Hall–Kier alpha value is -1.62. The number of hydrogen-bond donors (Lipinski definition) is 2. The third kappa shape index (κ3) is 3.95. The summed E-state index contributed by atoms with van der Waals surface area (Å²) < 4.78 is 5.44. The lowest BCUT2D eigenvalue weighted by Crippen LogP contribution is -2.12. The van der Waals surface area contributed by atoms with Crippen molar-refractivity contribution in [2.75, 3.05) is 12.0 Å². The molecule has 0 aliphatic rings. The van der Waals surface area contributed by atoms with Gasteiger partial charge in [0.2, 0.25) is 11.8 Å². The number of ether oxygens (including phenoxy) is 1. The second-order valence-electron chi connectivity index (χ2n) is 3.09. The molecule has 0 atom stereocenters. The molecular weight excluding hydrogens is 192 g/mol. The van der Waals surface area contributed by atoms with Crippen LogP contribution in [0, 0.1) is 6.92 Å². The van der Waals surface area contributed by atoms with Gasteiger partial charge in [-0.1, -0.05) is 6.08 Å². The standard InChI is InChI=1S/C10H16N4O/c1-3-4-5-6-15-9-7-8(2)12-10(13-9)14-11/h3,7H,1,4-6,11H2,2H3,(H,12,13,14). The first-order valence-electron chi connectivity index (χ1n) is 4.82. The molecule has 0 fully saturated rings. The molecule has 0 unspecified atom stereocenters. The molecule has 1 heterocycles. The number of aromatic nitrogens is 2. The van der Waals surface area contributed by atoms with Crippen LogP contribution in [0.3, 0.4) is 0 Å². The number of rotatable bonds is 6. The van der Waals surface area contributed by atoms with Crippen molar-refractivity contribution in [3.05, 3.63) is 24.4 Å². The third-order valence-electron chi connectivity index (χ3n) is 1.76. The maximum Gasteiger partial charge on any atom is 0.240 e. The Morgan fingerprint density at radius 2 is 2.40 bits per heavy atom. The number of aryl methyl sites for hydroxylation is 1. The summed E-state index contributed by atoms with van der Waals surface area (Å²) in [6.45, 7) is 6.12. The summed E-state index contributed by atoms with van der Waals surface area (Å²) in [5.41, 5.74) is 3.21. The van der Waals surface area contributed by atoms with Crippen LogP contribution in [0.25, 0.3) is 0 Å². The van der Waals surface area contributed by atoms with Gasteiger partial charge in [-0.15, -0.1) is 6.58 Å². The number of allylic oxidation sites excluding steroid dienone is 1. The van der Waals surface area contributed by atoms with Crippen molar-refractivity contribution in [3.63, 3.8) is 0 Å². The van der Waals surface area contributed by atoms with E-state index in [1.54, 1.807) is 6.07 Å². The Balaban J connectivity index is 2.52. The second-order valence-corrected chi connectivity index (χ2v) is 3.09. The fourth-order valence-electron chi connectivity index (χ4n) is 1.08. The lowest BCUT2D eigenvalue weighted by Gasteiger charge is -2.06. The lowest BCUT2D eigenvalue weighted by atomic mass is 10.3. The van der Waals surface area contributed by atoms with E-state index in [1.165, 1.54) is 0 Å². The van der Waals surface area contributed by atoms with Crippen LogP contribution >= 0.6 is 0 Å². The van der Waals surface area contributed by atoms with Crippen LogP contribution in [0.15, 0.2) is 18.7 Å². The minimum atomic E-state index is 0.369. The molecule has 5 heteroatoms. The summed E-state index contributed by atoms with van der Waals surface area (Å²) in [7, 11) is 0. The van der Waals surface area contributed by atoms with Crippen LogP contribution in [-0.4, -0.2) is 16.6 Å². The molecule has 15 heavy (non-hydrogen) atoms. The summed E-state index contributed by atoms with van der Waals surface area (Å²) in [5, 5.41) is 0. The maximum absolute atomic E-state index is 5.44. The van der Waals surface area contributed by atoms with E-state index < -0.39 is 0 Å². The van der Waals surface area contributed by atoms with E-state index >= 15 is 0 Å². The molecule has 0 aromatic carbocycles. The molecule has 1 aromatic heterocycles. The van der Waals surface area contributed by atoms with Gasteiger partial charge < -0.3 is 4.74 Å². The van der Waals surface area contributed by atoms with Crippen molar-refractivity contribution in [3.8, 4) is 5.88 Å². The Morgan fingerprint density at radius 3 is 3.07 bits per heavy atom. The molecule has 0 bridgehead atoms. The number of unbranched alkanes of at least 4 members (excludes halogenated alkanes) is 1. The summed E-state index contributed by atoms with van der Waals surface area (Å²) >= 11 is 0. The van der Waals surface area contributed by atoms with Crippen LogP contribution in [0.1, 0.15) is 18.5 Å². The van der Waals surface area contributed by atoms with Gasteiger partial charge in [-0.3, -0.25) is 5.43 Å². The van der Waals surface area contributed by atoms with Crippen LogP contribution < -0.4 is 16.0 Å². The Morgan fingerprint density at radius 1 is 1.60 bits per heavy atom. The Kier molecular flexibility index (Phi) is 4.56. The van der Waals surface area contributed by atoms with Gasteiger partial charge in [0, 0.05) is 11.8 Å². The summed E-state index contributed by atoms with van der Waals surface area (Å²) in [5.74, 6) is 6.13. The molecular formula is C10H16N4O. The molecule has 0 saturated heterocycles. The zero-order valence-electron chi connectivity index (χ0n) is 8.86. The largest absolute Gasteiger partial charge is 0.478 e. The zero-order chi connectivity index (χ0) is 11.1. The number of hydrogen-bond acceptors (Lipinski definition) is 5. The van der Waals surface area contributed by atoms with E-state index in [4.69, 9.17) is 10.6 Å². The average molecular weight is 208 g/mol. The number of hydrazine groups is 1. The highest BCUT2D eigenvalue weighted by molar-refractivity contribution is 5.28. The minimum Gasteiger partial charge on any atom is -0.478 e. The van der Waals surface area contributed by atoms with Gasteiger partial charge in [0.1, 0.15) is 0 Å². The predicted octanol–water partition coefficient (Wildman–Crippen LogP) is 1.42. The minimum absolute atomic E-state index is 0.369. The van der Waals surface area contributed by atoms with E-state index in [-0.39, 0.29) is 0 Å². The number of nitrogens with one attached hydrogen (secondary N) is 1. The molecule has 0 spiro atoms. The topological polar surface area (TPSA) is 73.1 Å². The van der Waals surface area contributed by atoms with Gasteiger partial charge >= 0.3 is 0 Å². The van der Waals surface area contributed by atoms with E-state index in [2.05, 4.69) is 22.0 Å². The number of nitrogens with two attached hydrogens (primary N) is 1. The maximum atomic E-state index is 5.44. The molecule has 1 aromatic rings. The van der Waals surface area contributed by atoms with Gasteiger partial charge in [0.05, 0.1) is 6.61 Å². The molecule has 0 aliphatic heterocycles. The highest BCUT2D eigenvalue weighted by Gasteiger charge is 2.01. The molecule has 0 aliphatic carbocycles. The van der Waals surface area contributed by atoms with Crippen molar-refractivity contribution < 1.29 is 4.74 Å². The Labute approximate surface area is 89.3 Å². The molecule has 0 radical (unpaired) electrons. The highest BCUT2D eigenvalue weighted by Crippen LogP contribution is 2.11. The smallest absolute Gasteiger partial charge is 0.240 e. The van der Waals surface area contributed by atoms with E-state index in [0.29, 0.717) is 18.4 Å². The monoisotopic (exact) mass is 208 g/mol. The summed E-state index contributed by atoms with van der Waals surface area (Å²) in [6.07, 6.45) is 3.73. The van der Waals surface area contributed by atoms with E-state index in [0.717, 1.165) is 18.5 Å². The van der Waals surface area contributed by atoms with Crippen molar-refractivity contribution in [1.82, 2.24) is 9.97 Å². The number of nitrogen functional groups attached to an aromatic ring is 1. The molecule has 5 nitrogen and oxygen atoms in total. The second kappa shape index (κ2) is 5.98. The average Bonchev–Trinajstić information content (AvgIpc) is 2.23. The van der Waals surface area contributed by atoms with E-state index in [1.807, 2.05) is 13.0 Å². The highest BCUT2D eigenvalue weighted by atomic mass is 16.5. The third-order valence-corrected chi connectivity index (χ3v) is 1.76. The van der Waals surface area contributed by atoms with Crippen molar-refractivity contribution in [1.29, 1.82) is 0 Å². The van der Waals surface area contributed by atoms with Crippen molar-refractivity contribution >= 4 is 5.95 Å². The van der Waals surface area contributed by atoms with Gasteiger partial charge in [0.25, 0.3) is 0 Å². The molecule has 0 saturated carbocycles. The van der Waals surface area contributed by atoms with Crippen LogP contribution in [0.5, 0.6) is 5.88 Å². The van der Waals surface area contributed by atoms with Gasteiger partial charge in [-0.05, 0) is 19.8 Å². The van der Waals surface area contributed by atoms with E-state index in [9.17, 15) is 0 Å². The summed E-state index contributed by atoms with van der Waals surface area (Å²) in [4.78, 5) is 8.11. The van der Waals surface area contributed by atoms with Crippen LogP contribution in [-0.2, 0) is 0 Å². The summed E-state index contributed by atoms with van der Waals surface area (Å²) in [6, 6.07) is 1.77. The quantitative estimate of drug-likeness (QED) is 0.320. The first-order valence-corrected chi connectivity index (χ1v) is 4.82. The van der Waals surface area contributed by atoms with Crippen molar-refractivity contribution in [2.45, 2.75) is 19.8 Å². The first-order chi connectivity index (χ1) is 7.26. The molecule has 0 amide bonds. The van der Waals surface area contributed by atoms with Gasteiger partial charge in [0.15, 0.2) is 0 Å². The fraction of sp³-hybridized carbons (Fsp3) is 0.400. The van der Waals surface area contributed by atoms with Crippen molar-refractivity contribution in [2.24, 2.45) is 5.84 Å². The van der Waals surface area contributed by atoms with Gasteiger partial charge in [-0.2, -0.15) is 4.98 Å². The van der Waals surface area contributed by atoms with Crippen LogP contribution in [0.4, 0.5) is 5.95 Å². The first kappa shape index (κ1) is 11.5. The molecule has 82 valence electrons. The normalized spacial score (nSPS) is 9.73. The van der Waals surface area contributed by atoms with Gasteiger partial charge in [-0.25, -0.2) is 10.8 Å². The lowest BCUT2D eigenvalue weighted by molar-refractivity contribution is 0.300. The Bertz CT molecular complexity index is 327. The molecule has 1 rings (SSSR count). The SMILES string of the molecule is C=CCCCOc1cc(C)nc(NN)n1. The zero-order valence-corrected chi connectivity index (χ0v) is 8.86. The predicted molar refractivity (Wildman–Crippen MR) is 59.5 cm³/mol. The number of nitrogens with zero attached hydrogens (tertiary/aromatic N) is 2. The molecule has 3 N–H and O–H groups in total. The fourth-order valence-corrected chi connectivity index (χ4v) is 1.08.